The van der Waals surface area contributed by atoms with Crippen LogP contribution in [0.1, 0.15) is 32.4 Å². The quantitative estimate of drug-likeness (QED) is 0.603. The fraction of sp³-hybridized carbons (Fsp3) is 0.300. The van der Waals surface area contributed by atoms with Gasteiger partial charge in [-0.15, -0.1) is 11.3 Å². The van der Waals surface area contributed by atoms with Gasteiger partial charge in [0.1, 0.15) is 5.76 Å². The van der Waals surface area contributed by atoms with Gasteiger partial charge in [0.2, 0.25) is 0 Å². The number of furan rings is 1. The summed E-state index contributed by atoms with van der Waals surface area (Å²) in [5.41, 5.74) is 2.17. The van der Waals surface area contributed by atoms with E-state index in [0.717, 1.165) is 23.6 Å². The van der Waals surface area contributed by atoms with Crippen LogP contribution < -0.4 is 5.32 Å². The Morgan fingerprint density at radius 2 is 2.11 bits per heavy atom. The smallest absolute Gasteiger partial charge is 0.340 e. The normalized spacial score (nSPS) is 10.7. The average Bonchev–Trinajstić information content (AvgIpc) is 3.39. The molecule has 0 fully saturated rings. The van der Waals surface area contributed by atoms with Gasteiger partial charge in [0.25, 0.3) is 5.91 Å². The lowest BCUT2D eigenvalue weighted by Gasteiger charge is -2.08. The van der Waals surface area contributed by atoms with Crippen LogP contribution in [0.5, 0.6) is 0 Å². The number of hydrogen-bond acceptors (Lipinski definition) is 5. The molecule has 3 aromatic rings. The van der Waals surface area contributed by atoms with E-state index in [-0.39, 0.29) is 12.5 Å². The molecule has 0 spiro atoms. The first-order valence-corrected chi connectivity index (χ1v) is 9.58. The predicted octanol–water partition coefficient (Wildman–Crippen LogP) is 3.32. The standard InChI is InChI=1S/C20H22N2O4S/c1-14-11-18(15(2)22(14)12-16-5-3-9-25-16)20(24)26-13-19(23)21-8-7-17-6-4-10-27-17/h3-6,9-11H,7-8,12-13H2,1-2H3,(H,21,23). The summed E-state index contributed by atoms with van der Waals surface area (Å²) < 4.78 is 12.5. The number of rotatable bonds is 8. The third-order valence-electron chi connectivity index (χ3n) is 4.30. The third-order valence-corrected chi connectivity index (χ3v) is 5.23. The highest BCUT2D eigenvalue weighted by atomic mass is 32.1. The van der Waals surface area contributed by atoms with Gasteiger partial charge in [0.15, 0.2) is 6.61 Å². The number of esters is 1. The highest BCUT2D eigenvalue weighted by Gasteiger charge is 2.18. The molecule has 1 N–H and O–H groups in total. The minimum absolute atomic E-state index is 0.287. The number of carbonyl (C=O) groups is 2. The molecule has 27 heavy (non-hydrogen) atoms. The molecule has 0 bridgehead atoms. The average molecular weight is 386 g/mol. The zero-order valence-electron chi connectivity index (χ0n) is 15.4. The summed E-state index contributed by atoms with van der Waals surface area (Å²) in [6.45, 7) is 4.55. The van der Waals surface area contributed by atoms with Gasteiger partial charge in [0, 0.05) is 22.8 Å². The number of amides is 1. The predicted molar refractivity (Wildman–Crippen MR) is 103 cm³/mol. The van der Waals surface area contributed by atoms with Crippen molar-refractivity contribution >= 4 is 23.2 Å². The zero-order valence-corrected chi connectivity index (χ0v) is 16.2. The van der Waals surface area contributed by atoms with Crippen molar-refractivity contribution in [3.05, 3.63) is 69.6 Å². The summed E-state index contributed by atoms with van der Waals surface area (Å²) in [7, 11) is 0. The highest BCUT2D eigenvalue weighted by molar-refractivity contribution is 7.09. The van der Waals surface area contributed by atoms with Crippen LogP contribution in [-0.2, 0) is 22.5 Å². The van der Waals surface area contributed by atoms with E-state index in [1.807, 2.05) is 48.1 Å². The SMILES string of the molecule is Cc1cc(C(=O)OCC(=O)NCCc2cccs2)c(C)n1Cc1ccco1. The molecule has 7 heteroatoms. The van der Waals surface area contributed by atoms with E-state index < -0.39 is 5.97 Å². The van der Waals surface area contributed by atoms with Crippen LogP contribution in [0.25, 0.3) is 0 Å². The molecule has 0 radical (unpaired) electrons. The molecule has 3 rings (SSSR count). The Labute approximate surface area is 161 Å². The van der Waals surface area contributed by atoms with Crippen LogP contribution in [0.4, 0.5) is 0 Å². The van der Waals surface area contributed by atoms with Crippen molar-refractivity contribution < 1.29 is 18.7 Å². The molecule has 0 saturated carbocycles. The van der Waals surface area contributed by atoms with Crippen molar-refractivity contribution in [2.45, 2.75) is 26.8 Å². The Kier molecular flexibility index (Phi) is 6.13. The van der Waals surface area contributed by atoms with Crippen LogP contribution >= 0.6 is 11.3 Å². The van der Waals surface area contributed by atoms with E-state index in [0.29, 0.717) is 18.7 Å². The molecule has 6 nitrogen and oxygen atoms in total. The molecule has 0 aliphatic heterocycles. The number of hydrogen-bond donors (Lipinski definition) is 1. The summed E-state index contributed by atoms with van der Waals surface area (Å²) in [5.74, 6) is 0.00772. The number of aromatic nitrogens is 1. The maximum Gasteiger partial charge on any atom is 0.340 e. The van der Waals surface area contributed by atoms with Crippen LogP contribution in [0.15, 0.2) is 46.4 Å². The minimum atomic E-state index is -0.498. The molecule has 0 aliphatic carbocycles. The number of ether oxygens (including phenoxy) is 1. The topological polar surface area (TPSA) is 73.5 Å². The Hall–Kier alpha value is -2.80. The monoisotopic (exact) mass is 386 g/mol. The van der Waals surface area contributed by atoms with Crippen LogP contribution in [-0.4, -0.2) is 29.6 Å². The lowest BCUT2D eigenvalue weighted by Crippen LogP contribution is -2.30. The second kappa shape index (κ2) is 8.73. The first kappa shape index (κ1) is 19.0. The Balaban J connectivity index is 1.51. The van der Waals surface area contributed by atoms with E-state index in [4.69, 9.17) is 9.15 Å². The summed E-state index contributed by atoms with van der Waals surface area (Å²) in [4.78, 5) is 25.4. The summed E-state index contributed by atoms with van der Waals surface area (Å²) >= 11 is 1.65. The zero-order chi connectivity index (χ0) is 19.2. The number of carbonyl (C=O) groups excluding carboxylic acids is 2. The van der Waals surface area contributed by atoms with Crippen LogP contribution in [0.2, 0.25) is 0 Å². The lowest BCUT2D eigenvalue weighted by atomic mass is 10.2. The molecule has 3 heterocycles. The fourth-order valence-corrected chi connectivity index (χ4v) is 3.56. The van der Waals surface area contributed by atoms with Gasteiger partial charge < -0.3 is 19.0 Å². The molecule has 0 unspecified atom stereocenters. The minimum Gasteiger partial charge on any atom is -0.467 e. The largest absolute Gasteiger partial charge is 0.467 e. The molecular formula is C20H22N2O4S. The van der Waals surface area contributed by atoms with Gasteiger partial charge in [-0.25, -0.2) is 4.79 Å². The van der Waals surface area contributed by atoms with Crippen molar-refractivity contribution in [2.24, 2.45) is 0 Å². The van der Waals surface area contributed by atoms with Crippen molar-refractivity contribution in [2.75, 3.05) is 13.2 Å². The van der Waals surface area contributed by atoms with Crippen molar-refractivity contribution in [3.63, 3.8) is 0 Å². The second-order valence-electron chi connectivity index (χ2n) is 6.21. The highest BCUT2D eigenvalue weighted by Crippen LogP contribution is 2.18. The van der Waals surface area contributed by atoms with Gasteiger partial charge in [0.05, 0.1) is 18.4 Å². The Morgan fingerprint density at radius 1 is 1.26 bits per heavy atom. The van der Waals surface area contributed by atoms with Crippen molar-refractivity contribution in [1.82, 2.24) is 9.88 Å². The maximum absolute atomic E-state index is 12.4. The van der Waals surface area contributed by atoms with Crippen molar-refractivity contribution in [1.29, 1.82) is 0 Å². The molecule has 3 aromatic heterocycles. The molecular weight excluding hydrogens is 364 g/mol. The van der Waals surface area contributed by atoms with E-state index in [2.05, 4.69) is 5.32 Å². The van der Waals surface area contributed by atoms with Gasteiger partial charge in [-0.05, 0) is 49.9 Å². The van der Waals surface area contributed by atoms with Gasteiger partial charge in [-0.2, -0.15) is 0 Å². The fourth-order valence-electron chi connectivity index (χ4n) is 2.85. The Morgan fingerprint density at radius 3 is 2.81 bits per heavy atom. The lowest BCUT2D eigenvalue weighted by molar-refractivity contribution is -0.124. The molecule has 0 saturated heterocycles. The number of thiophene rings is 1. The molecule has 0 aliphatic rings. The molecule has 1 amide bonds. The Bertz CT molecular complexity index is 895. The summed E-state index contributed by atoms with van der Waals surface area (Å²) in [6, 6.07) is 9.49. The van der Waals surface area contributed by atoms with E-state index in [1.165, 1.54) is 4.88 Å². The molecule has 0 aromatic carbocycles. The van der Waals surface area contributed by atoms with Gasteiger partial charge in [-0.3, -0.25) is 4.79 Å². The van der Waals surface area contributed by atoms with Crippen LogP contribution in [0.3, 0.4) is 0 Å². The maximum atomic E-state index is 12.4. The molecule has 142 valence electrons. The summed E-state index contributed by atoms with van der Waals surface area (Å²) in [5, 5.41) is 4.76. The number of aryl methyl sites for hydroxylation is 1. The number of nitrogens with zero attached hydrogens (tertiary/aromatic N) is 1. The second-order valence-corrected chi connectivity index (χ2v) is 7.24. The third kappa shape index (κ3) is 4.89. The van der Waals surface area contributed by atoms with Crippen molar-refractivity contribution in [3.8, 4) is 0 Å². The van der Waals surface area contributed by atoms with Gasteiger partial charge in [-0.1, -0.05) is 6.07 Å². The number of nitrogens with one attached hydrogen (secondary N) is 1. The summed E-state index contributed by atoms with van der Waals surface area (Å²) in [6.07, 6.45) is 2.39. The first-order valence-electron chi connectivity index (χ1n) is 8.70. The first-order chi connectivity index (χ1) is 13.0. The van der Waals surface area contributed by atoms with Crippen LogP contribution in [0, 0.1) is 13.8 Å². The van der Waals surface area contributed by atoms with E-state index in [1.54, 1.807) is 23.7 Å². The van der Waals surface area contributed by atoms with Gasteiger partial charge >= 0.3 is 5.97 Å². The van der Waals surface area contributed by atoms with E-state index in [9.17, 15) is 9.59 Å². The molecule has 0 atom stereocenters. The van der Waals surface area contributed by atoms with E-state index >= 15 is 0 Å².